The number of carboxylic acids is 1. The van der Waals surface area contributed by atoms with E-state index in [4.69, 9.17) is 14.6 Å². The fourth-order valence-corrected chi connectivity index (χ4v) is 4.33. The zero-order chi connectivity index (χ0) is 21.7. The Morgan fingerprint density at radius 3 is 2.57 bits per heavy atom. The van der Waals surface area contributed by atoms with Crippen molar-refractivity contribution in [3.63, 3.8) is 0 Å². The van der Waals surface area contributed by atoms with Crippen LogP contribution in [-0.4, -0.2) is 53.1 Å². The maximum Gasteiger partial charge on any atom is 0.305 e. The van der Waals surface area contributed by atoms with Crippen LogP contribution in [0.3, 0.4) is 0 Å². The van der Waals surface area contributed by atoms with E-state index in [1.165, 1.54) is 11.8 Å². The van der Waals surface area contributed by atoms with Gasteiger partial charge in [-0.3, -0.25) is 14.5 Å². The minimum atomic E-state index is -1.00. The molecular weight excluding hydrogens is 404 g/mol. The minimum absolute atomic E-state index is 0.227. The Morgan fingerprint density at radius 1 is 1.17 bits per heavy atom. The van der Waals surface area contributed by atoms with Gasteiger partial charge in [0.2, 0.25) is 5.91 Å². The third kappa shape index (κ3) is 4.94. The number of benzene rings is 2. The van der Waals surface area contributed by atoms with Crippen LogP contribution < -0.4 is 9.47 Å². The van der Waals surface area contributed by atoms with Crippen LogP contribution in [0.2, 0.25) is 0 Å². The highest BCUT2D eigenvalue weighted by Gasteiger charge is 2.39. The Hall–Kier alpha value is -3.00. The average molecular weight is 429 g/mol. The van der Waals surface area contributed by atoms with E-state index in [1.807, 2.05) is 49.4 Å². The van der Waals surface area contributed by atoms with Gasteiger partial charge in [-0.25, -0.2) is 4.99 Å². The molecule has 1 heterocycles. The Kier molecular flexibility index (Phi) is 6.99. The van der Waals surface area contributed by atoms with E-state index in [1.54, 1.807) is 19.1 Å². The summed E-state index contributed by atoms with van der Waals surface area (Å²) >= 11 is 1.21. The van der Waals surface area contributed by atoms with E-state index in [0.29, 0.717) is 29.6 Å². The molecule has 1 fully saturated rings. The summed E-state index contributed by atoms with van der Waals surface area (Å²) in [5, 5.41) is 9.02. The van der Waals surface area contributed by atoms with Gasteiger partial charge in [0.1, 0.15) is 5.25 Å². The van der Waals surface area contributed by atoms with E-state index in [9.17, 15) is 9.59 Å². The van der Waals surface area contributed by atoms with Crippen molar-refractivity contribution >= 4 is 34.5 Å². The van der Waals surface area contributed by atoms with Gasteiger partial charge in [-0.1, -0.05) is 36.0 Å². The number of nitrogens with zero attached hydrogens (tertiary/aromatic N) is 2. The highest BCUT2D eigenvalue weighted by Crippen LogP contribution is 2.33. The summed E-state index contributed by atoms with van der Waals surface area (Å²) in [5.41, 5.74) is 2.72. The first kappa shape index (κ1) is 21.7. The molecule has 0 aliphatic carbocycles. The Labute approximate surface area is 179 Å². The third-order valence-corrected chi connectivity index (χ3v) is 5.96. The molecule has 1 N–H and O–H groups in total. The average Bonchev–Trinajstić information content (AvgIpc) is 3.01. The number of hydrogen-bond acceptors (Lipinski definition) is 6. The van der Waals surface area contributed by atoms with Crippen molar-refractivity contribution in [2.45, 2.75) is 25.0 Å². The molecule has 2 aromatic rings. The molecule has 1 saturated heterocycles. The van der Waals surface area contributed by atoms with Crippen LogP contribution in [0, 0.1) is 6.92 Å². The van der Waals surface area contributed by atoms with Gasteiger partial charge in [0.25, 0.3) is 0 Å². The number of aryl methyl sites for hydroxylation is 1. The van der Waals surface area contributed by atoms with Gasteiger partial charge < -0.3 is 14.6 Å². The molecule has 0 spiro atoms. The summed E-state index contributed by atoms with van der Waals surface area (Å²) in [6.45, 7) is 2.34. The van der Waals surface area contributed by atoms with Crippen molar-refractivity contribution in [1.29, 1.82) is 0 Å². The van der Waals surface area contributed by atoms with Gasteiger partial charge >= 0.3 is 5.97 Å². The quantitative estimate of drug-likeness (QED) is 0.690. The fourth-order valence-electron chi connectivity index (χ4n) is 3.16. The maximum absolute atomic E-state index is 12.9. The molecule has 30 heavy (non-hydrogen) atoms. The third-order valence-electron chi connectivity index (χ3n) is 4.78. The predicted molar refractivity (Wildman–Crippen MR) is 117 cm³/mol. The first-order valence-electron chi connectivity index (χ1n) is 9.48. The number of ether oxygens (including phenoxy) is 2. The number of methoxy groups -OCH3 is 2. The van der Waals surface area contributed by atoms with Crippen molar-refractivity contribution in [3.8, 4) is 11.5 Å². The molecule has 0 saturated carbocycles. The highest BCUT2D eigenvalue weighted by atomic mass is 32.2. The summed E-state index contributed by atoms with van der Waals surface area (Å²) in [6.07, 6.45) is 0.336. The lowest BCUT2D eigenvalue weighted by Gasteiger charge is -2.17. The van der Waals surface area contributed by atoms with E-state index in [0.717, 1.165) is 16.8 Å². The minimum Gasteiger partial charge on any atom is -0.493 e. The normalized spacial score (nSPS) is 17.4. The van der Waals surface area contributed by atoms with E-state index in [-0.39, 0.29) is 12.3 Å². The summed E-state index contributed by atoms with van der Waals surface area (Å²) in [7, 11) is 3.15. The van der Waals surface area contributed by atoms with Crippen molar-refractivity contribution in [1.82, 2.24) is 4.90 Å². The summed E-state index contributed by atoms with van der Waals surface area (Å²) < 4.78 is 10.6. The van der Waals surface area contributed by atoms with Crippen molar-refractivity contribution < 1.29 is 24.2 Å². The largest absolute Gasteiger partial charge is 0.493 e. The molecule has 1 aliphatic heterocycles. The monoisotopic (exact) mass is 428 g/mol. The lowest BCUT2D eigenvalue weighted by atomic mass is 10.1. The Bertz CT molecular complexity index is 976. The summed E-state index contributed by atoms with van der Waals surface area (Å²) in [6, 6.07) is 13.3. The number of thioether (sulfide) groups is 1. The Morgan fingerprint density at radius 2 is 1.90 bits per heavy atom. The molecule has 1 aliphatic rings. The number of aliphatic imine (C=N–C) groups is 1. The molecule has 0 radical (unpaired) electrons. The lowest BCUT2D eigenvalue weighted by molar-refractivity contribution is -0.139. The molecule has 158 valence electrons. The molecule has 2 aromatic carbocycles. The van der Waals surface area contributed by atoms with Crippen LogP contribution >= 0.6 is 11.8 Å². The first-order chi connectivity index (χ1) is 14.4. The molecule has 0 aromatic heterocycles. The number of carbonyl (C=O) groups is 2. The van der Waals surface area contributed by atoms with Gasteiger partial charge in [0.15, 0.2) is 16.7 Å². The van der Waals surface area contributed by atoms with Gasteiger partial charge in [-0.2, -0.15) is 0 Å². The molecule has 0 bridgehead atoms. The number of carboxylic acid groups (broad SMARTS) is 1. The highest BCUT2D eigenvalue weighted by molar-refractivity contribution is 8.15. The summed E-state index contributed by atoms with van der Waals surface area (Å²) in [5.74, 6) is 0.0279. The van der Waals surface area contributed by atoms with Crippen LogP contribution in [0.25, 0.3) is 0 Å². The SMILES string of the molecule is COc1ccc(CCN2C(=O)C(CC(=O)O)SC2=Nc2ccccc2C)cc1OC. The number of rotatable bonds is 8. The number of amides is 1. The van der Waals surface area contributed by atoms with Crippen molar-refractivity contribution in [2.75, 3.05) is 20.8 Å². The zero-order valence-electron chi connectivity index (χ0n) is 17.1. The van der Waals surface area contributed by atoms with Crippen molar-refractivity contribution in [2.24, 2.45) is 4.99 Å². The van der Waals surface area contributed by atoms with E-state index >= 15 is 0 Å². The molecule has 1 unspecified atom stereocenters. The number of carbonyl (C=O) groups excluding carboxylic acids is 1. The smallest absolute Gasteiger partial charge is 0.305 e. The lowest BCUT2D eigenvalue weighted by Crippen LogP contribution is -2.34. The van der Waals surface area contributed by atoms with Gasteiger partial charge in [0.05, 0.1) is 26.3 Å². The molecule has 1 amide bonds. The maximum atomic E-state index is 12.9. The predicted octanol–water partition coefficient (Wildman–Crippen LogP) is 3.66. The van der Waals surface area contributed by atoms with Gasteiger partial charge in [0, 0.05) is 6.54 Å². The number of hydrogen-bond donors (Lipinski definition) is 1. The number of aliphatic carboxylic acids is 1. The Balaban J connectivity index is 1.84. The van der Waals surface area contributed by atoms with Gasteiger partial charge in [-0.05, 0) is 42.7 Å². The summed E-state index contributed by atoms with van der Waals surface area (Å²) in [4.78, 5) is 30.3. The zero-order valence-corrected chi connectivity index (χ0v) is 17.9. The van der Waals surface area contributed by atoms with Crippen molar-refractivity contribution in [3.05, 3.63) is 53.6 Å². The van der Waals surface area contributed by atoms with E-state index in [2.05, 4.69) is 4.99 Å². The standard InChI is InChI=1S/C22H24N2O5S/c1-14-6-4-5-7-16(14)23-22-24(21(27)19(30-22)13-20(25)26)11-10-15-8-9-17(28-2)18(12-15)29-3/h4-9,12,19H,10-11,13H2,1-3H3,(H,25,26). The van der Waals surface area contributed by atoms with Crippen LogP contribution in [0.5, 0.6) is 11.5 Å². The van der Waals surface area contributed by atoms with Crippen LogP contribution in [0.15, 0.2) is 47.5 Å². The fraction of sp³-hybridized carbons (Fsp3) is 0.318. The molecule has 1 atom stereocenters. The van der Waals surface area contributed by atoms with Gasteiger partial charge in [-0.15, -0.1) is 0 Å². The molecule has 7 nitrogen and oxygen atoms in total. The van der Waals surface area contributed by atoms with E-state index < -0.39 is 11.2 Å². The second-order valence-electron chi connectivity index (χ2n) is 6.81. The second kappa shape index (κ2) is 9.67. The molecule has 8 heteroatoms. The molecule has 3 rings (SSSR count). The first-order valence-corrected chi connectivity index (χ1v) is 10.4. The number of para-hydroxylation sites is 1. The van der Waals surface area contributed by atoms with Crippen LogP contribution in [-0.2, 0) is 16.0 Å². The topological polar surface area (TPSA) is 88.4 Å². The number of amidine groups is 1. The van der Waals surface area contributed by atoms with Crippen LogP contribution in [0.1, 0.15) is 17.5 Å². The second-order valence-corrected chi connectivity index (χ2v) is 7.98. The van der Waals surface area contributed by atoms with Crippen LogP contribution in [0.4, 0.5) is 5.69 Å². The molecular formula is C22H24N2O5S.